The average molecular weight is 346 g/mol. The summed E-state index contributed by atoms with van der Waals surface area (Å²) >= 11 is 5.83. The Morgan fingerprint density at radius 3 is 2.60 bits per heavy atom. The van der Waals surface area contributed by atoms with Gasteiger partial charge in [-0.3, -0.25) is 10.1 Å². The molecule has 1 aromatic heterocycles. The third kappa shape index (κ3) is 2.69. The van der Waals surface area contributed by atoms with Crippen molar-refractivity contribution in [3.05, 3.63) is 32.0 Å². The highest BCUT2D eigenvalue weighted by Crippen LogP contribution is 2.32. The van der Waals surface area contributed by atoms with Gasteiger partial charge in [-0.15, -0.1) is 0 Å². The summed E-state index contributed by atoms with van der Waals surface area (Å²) in [5, 5.41) is 10.7. The molecule has 0 amide bonds. The van der Waals surface area contributed by atoms with E-state index in [2.05, 4.69) is 36.8 Å². The van der Waals surface area contributed by atoms with Crippen molar-refractivity contribution in [2.45, 2.75) is 11.8 Å². The fraction of sp³-hybridized carbons (Fsp3) is 0.286. The lowest BCUT2D eigenvalue weighted by atomic mass is 10.3. The van der Waals surface area contributed by atoms with Gasteiger partial charge in [-0.25, -0.2) is 13.8 Å². The zero-order valence-electron chi connectivity index (χ0n) is 7.08. The van der Waals surface area contributed by atoms with Crippen molar-refractivity contribution in [2.75, 3.05) is 0 Å². The lowest BCUT2D eigenvalue weighted by Crippen LogP contribution is -2.01. The van der Waals surface area contributed by atoms with Crippen LogP contribution in [-0.2, 0) is 5.33 Å². The third-order valence-electron chi connectivity index (χ3n) is 1.57. The van der Waals surface area contributed by atoms with Crippen LogP contribution in [0.5, 0.6) is 0 Å². The molecule has 82 valence electrons. The summed E-state index contributed by atoms with van der Waals surface area (Å²) in [5.41, 5.74) is -0.803. The minimum atomic E-state index is -2.75. The van der Waals surface area contributed by atoms with E-state index in [4.69, 9.17) is 0 Å². The first kappa shape index (κ1) is 12.4. The number of hydrogen-bond acceptors (Lipinski definition) is 3. The molecule has 0 spiro atoms. The van der Waals surface area contributed by atoms with Crippen LogP contribution in [0.25, 0.3) is 0 Å². The minimum Gasteiger partial charge on any atom is -0.258 e. The molecule has 0 aliphatic heterocycles. The molecular formula is C7H4Br2F2N2O2. The third-order valence-corrected chi connectivity index (χ3v) is 2.71. The maximum atomic E-state index is 12.3. The molecule has 0 radical (unpaired) electrons. The van der Waals surface area contributed by atoms with E-state index in [0.717, 1.165) is 6.07 Å². The van der Waals surface area contributed by atoms with E-state index in [1.54, 1.807) is 0 Å². The smallest absolute Gasteiger partial charge is 0.258 e. The molecule has 0 saturated carbocycles. The molecule has 1 heterocycles. The van der Waals surface area contributed by atoms with Crippen LogP contribution in [0.1, 0.15) is 17.8 Å². The predicted molar refractivity (Wildman–Crippen MR) is 56.2 cm³/mol. The van der Waals surface area contributed by atoms with Gasteiger partial charge in [-0.2, -0.15) is 0 Å². The van der Waals surface area contributed by atoms with Crippen molar-refractivity contribution in [1.29, 1.82) is 0 Å². The van der Waals surface area contributed by atoms with Gasteiger partial charge in [0.2, 0.25) is 0 Å². The second kappa shape index (κ2) is 4.93. The SMILES string of the molecule is O=[N+]([O-])c1c(Br)cc(C(F)F)nc1CBr. The van der Waals surface area contributed by atoms with E-state index in [9.17, 15) is 18.9 Å². The maximum absolute atomic E-state index is 12.3. The normalized spacial score (nSPS) is 10.7. The second-order valence-electron chi connectivity index (χ2n) is 2.52. The zero-order chi connectivity index (χ0) is 11.6. The number of nitro groups is 1. The molecule has 0 bridgehead atoms. The first-order chi connectivity index (χ1) is 6.97. The van der Waals surface area contributed by atoms with Gasteiger partial charge in [0.05, 0.1) is 14.7 Å². The highest BCUT2D eigenvalue weighted by molar-refractivity contribution is 9.10. The van der Waals surface area contributed by atoms with Crippen molar-refractivity contribution in [3.63, 3.8) is 0 Å². The molecule has 0 aliphatic rings. The molecule has 0 atom stereocenters. The summed E-state index contributed by atoms with van der Waals surface area (Å²) in [7, 11) is 0. The molecule has 0 saturated heterocycles. The van der Waals surface area contributed by atoms with E-state index in [0.29, 0.717) is 0 Å². The molecule has 4 nitrogen and oxygen atoms in total. The van der Waals surface area contributed by atoms with Gasteiger partial charge < -0.3 is 0 Å². The van der Waals surface area contributed by atoms with Crippen LogP contribution in [0, 0.1) is 10.1 Å². The van der Waals surface area contributed by atoms with E-state index in [-0.39, 0.29) is 21.2 Å². The lowest BCUT2D eigenvalue weighted by molar-refractivity contribution is -0.386. The Balaban J connectivity index is 3.37. The van der Waals surface area contributed by atoms with E-state index in [1.165, 1.54) is 0 Å². The lowest BCUT2D eigenvalue weighted by Gasteiger charge is -2.04. The highest BCUT2D eigenvalue weighted by atomic mass is 79.9. The van der Waals surface area contributed by atoms with E-state index < -0.39 is 17.0 Å². The van der Waals surface area contributed by atoms with Gasteiger partial charge in [0.25, 0.3) is 6.43 Å². The van der Waals surface area contributed by atoms with Gasteiger partial charge in [-0.05, 0) is 22.0 Å². The Labute approximate surface area is 100 Å². The molecule has 0 aliphatic carbocycles. The first-order valence-electron chi connectivity index (χ1n) is 3.65. The van der Waals surface area contributed by atoms with Crippen LogP contribution < -0.4 is 0 Å². The zero-order valence-corrected chi connectivity index (χ0v) is 10.3. The minimum absolute atomic E-state index is 0.00671. The quantitative estimate of drug-likeness (QED) is 0.478. The molecule has 0 aromatic carbocycles. The Kier molecular flexibility index (Phi) is 4.09. The molecule has 1 rings (SSSR count). The van der Waals surface area contributed by atoms with E-state index >= 15 is 0 Å². The second-order valence-corrected chi connectivity index (χ2v) is 3.93. The summed E-state index contributed by atoms with van der Waals surface area (Å²) < 4.78 is 24.7. The summed E-state index contributed by atoms with van der Waals surface area (Å²) in [5.74, 6) is 0. The Bertz CT molecular complexity index is 401. The van der Waals surface area contributed by atoms with Crippen LogP contribution in [0.4, 0.5) is 14.5 Å². The number of hydrogen-bond donors (Lipinski definition) is 0. The molecule has 8 heteroatoms. The molecule has 1 aromatic rings. The summed E-state index contributed by atoms with van der Waals surface area (Å²) in [6, 6.07) is 0.953. The van der Waals surface area contributed by atoms with Gasteiger partial charge in [0.1, 0.15) is 11.4 Å². The number of nitrogens with zero attached hydrogens (tertiary/aromatic N) is 2. The van der Waals surface area contributed by atoms with Crippen molar-refractivity contribution in [1.82, 2.24) is 4.98 Å². The predicted octanol–water partition coefficient (Wildman–Crippen LogP) is 3.58. The van der Waals surface area contributed by atoms with Gasteiger partial charge in [0.15, 0.2) is 0 Å². The highest BCUT2D eigenvalue weighted by Gasteiger charge is 2.23. The van der Waals surface area contributed by atoms with Crippen LogP contribution in [0.2, 0.25) is 0 Å². The monoisotopic (exact) mass is 344 g/mol. The van der Waals surface area contributed by atoms with Gasteiger partial charge >= 0.3 is 5.69 Å². The fourth-order valence-corrected chi connectivity index (χ4v) is 1.97. The number of pyridine rings is 1. The fourth-order valence-electron chi connectivity index (χ4n) is 0.975. The van der Waals surface area contributed by atoms with Crippen molar-refractivity contribution < 1.29 is 13.7 Å². The van der Waals surface area contributed by atoms with Crippen molar-refractivity contribution in [2.24, 2.45) is 0 Å². The van der Waals surface area contributed by atoms with Crippen LogP contribution >= 0.6 is 31.9 Å². The molecule has 0 fully saturated rings. The Morgan fingerprint density at radius 2 is 2.20 bits per heavy atom. The summed E-state index contributed by atoms with van der Waals surface area (Å²) in [6.45, 7) is 0. The number of alkyl halides is 3. The van der Waals surface area contributed by atoms with Gasteiger partial charge in [-0.1, -0.05) is 15.9 Å². The largest absolute Gasteiger partial charge is 0.305 e. The Hall–Kier alpha value is -0.630. The van der Waals surface area contributed by atoms with Crippen molar-refractivity contribution >= 4 is 37.5 Å². The van der Waals surface area contributed by atoms with Gasteiger partial charge in [0, 0.05) is 0 Å². The summed E-state index contributed by atoms with van der Waals surface area (Å²) in [4.78, 5) is 13.5. The number of rotatable bonds is 3. The molecular weight excluding hydrogens is 342 g/mol. The standard InChI is InChI=1S/C7H4Br2F2N2O2/c8-2-5-6(13(14)15)3(9)1-4(12-5)7(10)11/h1,7H,2H2. The van der Waals surface area contributed by atoms with E-state index in [1.807, 2.05) is 0 Å². The number of halogens is 4. The maximum Gasteiger partial charge on any atom is 0.305 e. The molecule has 0 unspecified atom stereocenters. The first-order valence-corrected chi connectivity index (χ1v) is 5.56. The van der Waals surface area contributed by atoms with Crippen molar-refractivity contribution in [3.8, 4) is 0 Å². The Morgan fingerprint density at radius 1 is 1.60 bits per heavy atom. The summed E-state index contributed by atoms with van der Waals surface area (Å²) in [6.07, 6.45) is -2.75. The molecule has 15 heavy (non-hydrogen) atoms. The van der Waals surface area contributed by atoms with Crippen LogP contribution in [-0.4, -0.2) is 9.91 Å². The average Bonchev–Trinajstić information content (AvgIpc) is 2.15. The number of aromatic nitrogens is 1. The van der Waals surface area contributed by atoms with Crippen LogP contribution in [0.15, 0.2) is 10.5 Å². The topological polar surface area (TPSA) is 56.0 Å². The van der Waals surface area contributed by atoms with Crippen LogP contribution in [0.3, 0.4) is 0 Å². The molecule has 0 N–H and O–H groups in total.